The van der Waals surface area contributed by atoms with Gasteiger partial charge >= 0.3 is 0 Å². The van der Waals surface area contributed by atoms with Crippen LogP contribution in [0.25, 0.3) is 0 Å². The fraction of sp³-hybridized carbons (Fsp3) is 0.250. The molecule has 0 fully saturated rings. The van der Waals surface area contributed by atoms with Crippen molar-refractivity contribution in [3.63, 3.8) is 0 Å². The highest BCUT2D eigenvalue weighted by molar-refractivity contribution is 9.10. The lowest BCUT2D eigenvalue weighted by atomic mass is 10.1. The van der Waals surface area contributed by atoms with Crippen LogP contribution < -0.4 is 0 Å². The van der Waals surface area contributed by atoms with E-state index in [-0.39, 0.29) is 16.8 Å². The lowest BCUT2D eigenvalue weighted by Gasteiger charge is -2.07. The number of halogens is 3. The molecule has 0 atom stereocenters. The fourth-order valence-electron chi connectivity index (χ4n) is 1.01. The minimum Gasteiger partial charge on any atom is -0.298 e. The first-order valence-electron chi connectivity index (χ1n) is 3.46. The number of aryl methyl sites for hydroxylation is 1. The molecule has 1 rings (SSSR count). The molecule has 0 amide bonds. The van der Waals surface area contributed by atoms with Crippen molar-refractivity contribution in [2.24, 2.45) is 0 Å². The predicted octanol–water partition coefficient (Wildman–Crippen LogP) is 2.90. The van der Waals surface area contributed by atoms with Gasteiger partial charge in [-0.25, -0.2) is 8.78 Å². The van der Waals surface area contributed by atoms with Crippen LogP contribution in [0.4, 0.5) is 8.78 Å². The molecule has 0 bridgehead atoms. The maximum Gasteiger partial charge on any atom is 0.266 e. The maximum atomic E-state index is 12.4. The van der Waals surface area contributed by atoms with Crippen molar-refractivity contribution in [1.29, 1.82) is 0 Å². The first-order valence-corrected chi connectivity index (χ1v) is 4.25. The monoisotopic (exact) mass is 249 g/mol. The van der Waals surface area contributed by atoms with Gasteiger partial charge in [0.2, 0.25) is 0 Å². The Morgan fingerprint density at radius 1 is 1.62 bits per heavy atom. The largest absolute Gasteiger partial charge is 0.298 e. The molecule has 5 heteroatoms. The third-order valence-electron chi connectivity index (χ3n) is 1.64. The number of hydrogen-bond acceptors (Lipinski definition) is 2. The third-order valence-corrected chi connectivity index (χ3v) is 2.28. The maximum absolute atomic E-state index is 12.4. The zero-order chi connectivity index (χ0) is 10.0. The van der Waals surface area contributed by atoms with Crippen LogP contribution in [0.2, 0.25) is 0 Å². The molecule has 0 aliphatic rings. The zero-order valence-electron chi connectivity index (χ0n) is 6.72. The molecule has 0 saturated carbocycles. The van der Waals surface area contributed by atoms with E-state index in [1.807, 2.05) is 0 Å². The molecule has 1 heterocycles. The topological polar surface area (TPSA) is 30.0 Å². The first-order chi connectivity index (χ1) is 6.07. The fourth-order valence-corrected chi connectivity index (χ4v) is 1.42. The molecular weight excluding hydrogens is 244 g/mol. The van der Waals surface area contributed by atoms with E-state index in [2.05, 4.69) is 20.9 Å². The SMILES string of the molecule is Cc1ncc(Br)c(C=O)c1C(F)F. The van der Waals surface area contributed by atoms with Gasteiger partial charge in [-0.05, 0) is 22.9 Å². The van der Waals surface area contributed by atoms with Crippen molar-refractivity contribution in [2.45, 2.75) is 13.3 Å². The van der Waals surface area contributed by atoms with Gasteiger partial charge in [-0.3, -0.25) is 9.78 Å². The van der Waals surface area contributed by atoms with E-state index in [1.165, 1.54) is 13.1 Å². The molecule has 1 aromatic heterocycles. The molecule has 0 saturated heterocycles. The molecule has 2 nitrogen and oxygen atoms in total. The normalized spacial score (nSPS) is 10.5. The Labute approximate surface area is 82.1 Å². The number of hydrogen-bond donors (Lipinski definition) is 0. The van der Waals surface area contributed by atoms with Gasteiger partial charge in [0, 0.05) is 21.9 Å². The van der Waals surface area contributed by atoms with Gasteiger partial charge in [0.1, 0.15) is 0 Å². The highest BCUT2D eigenvalue weighted by atomic mass is 79.9. The van der Waals surface area contributed by atoms with Gasteiger partial charge in [-0.2, -0.15) is 0 Å². The summed E-state index contributed by atoms with van der Waals surface area (Å²) in [7, 11) is 0. The summed E-state index contributed by atoms with van der Waals surface area (Å²) < 4.78 is 25.2. The van der Waals surface area contributed by atoms with Gasteiger partial charge in [0.05, 0.1) is 5.56 Å². The second kappa shape index (κ2) is 3.91. The van der Waals surface area contributed by atoms with Crippen LogP contribution in [0, 0.1) is 6.92 Å². The number of carbonyl (C=O) groups excluding carboxylic acids is 1. The Hall–Kier alpha value is -0.840. The molecule has 0 N–H and O–H groups in total. The molecule has 0 aliphatic heterocycles. The summed E-state index contributed by atoms with van der Waals surface area (Å²) in [4.78, 5) is 14.2. The van der Waals surface area contributed by atoms with Crippen molar-refractivity contribution in [2.75, 3.05) is 0 Å². The second-order valence-electron chi connectivity index (χ2n) is 2.44. The van der Waals surface area contributed by atoms with Crippen LogP contribution >= 0.6 is 15.9 Å². The van der Waals surface area contributed by atoms with Crippen molar-refractivity contribution < 1.29 is 13.6 Å². The van der Waals surface area contributed by atoms with Crippen LogP contribution in [0.5, 0.6) is 0 Å². The summed E-state index contributed by atoms with van der Waals surface area (Å²) >= 11 is 2.98. The van der Waals surface area contributed by atoms with Crippen LogP contribution in [0.1, 0.15) is 28.0 Å². The molecule has 0 aliphatic carbocycles. The van der Waals surface area contributed by atoms with Crippen LogP contribution in [0.15, 0.2) is 10.7 Å². The molecular formula is C8H6BrF2NO. The minimum absolute atomic E-state index is 0.0255. The Kier molecular flexibility index (Phi) is 3.08. The third kappa shape index (κ3) is 1.91. The summed E-state index contributed by atoms with van der Waals surface area (Å²) in [5.41, 5.74) is -0.146. The van der Waals surface area contributed by atoms with Gasteiger partial charge in [-0.15, -0.1) is 0 Å². The van der Waals surface area contributed by atoms with E-state index < -0.39 is 6.43 Å². The quantitative estimate of drug-likeness (QED) is 0.755. The molecule has 0 radical (unpaired) electrons. The number of nitrogens with zero attached hydrogens (tertiary/aromatic N) is 1. The Bertz CT molecular complexity index is 341. The standard InChI is InChI=1S/C8H6BrF2NO/c1-4-7(8(10)11)5(3-13)6(9)2-12-4/h2-3,8H,1H3. The van der Waals surface area contributed by atoms with Gasteiger partial charge < -0.3 is 0 Å². The highest BCUT2D eigenvalue weighted by Crippen LogP contribution is 2.28. The number of carbonyl (C=O) groups is 1. The van der Waals surface area contributed by atoms with E-state index in [4.69, 9.17) is 0 Å². The van der Waals surface area contributed by atoms with E-state index >= 15 is 0 Å². The highest BCUT2D eigenvalue weighted by Gasteiger charge is 2.18. The molecule has 70 valence electrons. The van der Waals surface area contributed by atoms with E-state index in [1.54, 1.807) is 0 Å². The average molecular weight is 250 g/mol. The average Bonchev–Trinajstić information content (AvgIpc) is 2.07. The smallest absolute Gasteiger partial charge is 0.266 e. The Morgan fingerprint density at radius 3 is 2.62 bits per heavy atom. The Morgan fingerprint density at radius 2 is 2.23 bits per heavy atom. The van der Waals surface area contributed by atoms with E-state index in [0.29, 0.717) is 10.8 Å². The van der Waals surface area contributed by atoms with Crippen LogP contribution in [0.3, 0.4) is 0 Å². The van der Waals surface area contributed by atoms with Crippen LogP contribution in [-0.4, -0.2) is 11.3 Å². The van der Waals surface area contributed by atoms with Gasteiger partial charge in [0.25, 0.3) is 6.43 Å². The number of rotatable bonds is 2. The number of aldehydes is 1. The summed E-state index contributed by atoms with van der Waals surface area (Å²) in [6.45, 7) is 1.45. The van der Waals surface area contributed by atoms with Gasteiger partial charge in [0.15, 0.2) is 6.29 Å². The first kappa shape index (κ1) is 10.2. The van der Waals surface area contributed by atoms with Gasteiger partial charge in [-0.1, -0.05) is 0 Å². The number of alkyl halides is 2. The molecule has 0 spiro atoms. The van der Waals surface area contributed by atoms with Crippen molar-refractivity contribution in [3.8, 4) is 0 Å². The minimum atomic E-state index is -2.68. The summed E-state index contributed by atoms with van der Waals surface area (Å²) in [5, 5.41) is 0. The summed E-state index contributed by atoms with van der Waals surface area (Å²) in [6.07, 6.45) is -0.934. The Balaban J connectivity index is 3.43. The second-order valence-corrected chi connectivity index (χ2v) is 3.29. The molecule has 1 aromatic rings. The lowest BCUT2D eigenvalue weighted by molar-refractivity contribution is 0.110. The van der Waals surface area contributed by atoms with Crippen molar-refractivity contribution in [1.82, 2.24) is 4.98 Å². The van der Waals surface area contributed by atoms with E-state index in [9.17, 15) is 13.6 Å². The number of aromatic nitrogens is 1. The molecule has 13 heavy (non-hydrogen) atoms. The number of pyridine rings is 1. The van der Waals surface area contributed by atoms with E-state index in [0.717, 1.165) is 0 Å². The molecule has 0 aromatic carbocycles. The molecule has 0 unspecified atom stereocenters. The summed E-state index contributed by atoms with van der Waals surface area (Å²) in [5.74, 6) is 0. The predicted molar refractivity (Wildman–Crippen MR) is 47.0 cm³/mol. The lowest BCUT2D eigenvalue weighted by Crippen LogP contribution is -2.00. The van der Waals surface area contributed by atoms with Crippen molar-refractivity contribution >= 4 is 22.2 Å². The summed E-state index contributed by atoms with van der Waals surface area (Å²) in [6, 6.07) is 0. The van der Waals surface area contributed by atoms with Crippen molar-refractivity contribution in [3.05, 3.63) is 27.5 Å². The zero-order valence-corrected chi connectivity index (χ0v) is 8.31. The van der Waals surface area contributed by atoms with Crippen LogP contribution in [-0.2, 0) is 0 Å².